The zero-order valence-corrected chi connectivity index (χ0v) is 12.8. The maximum atomic E-state index is 14.0. The van der Waals surface area contributed by atoms with Crippen molar-refractivity contribution >= 4 is 0 Å². The second-order valence-corrected chi connectivity index (χ2v) is 5.41. The molecule has 0 aliphatic carbocycles. The zero-order valence-electron chi connectivity index (χ0n) is 12.8. The molecule has 25 heavy (non-hydrogen) atoms. The molecule has 10 heteroatoms. The lowest BCUT2D eigenvalue weighted by Gasteiger charge is -2.14. The highest BCUT2D eigenvalue weighted by Gasteiger charge is 2.30. The van der Waals surface area contributed by atoms with Crippen molar-refractivity contribution in [2.75, 3.05) is 0 Å². The third kappa shape index (κ3) is 2.77. The van der Waals surface area contributed by atoms with Crippen molar-refractivity contribution in [1.82, 2.24) is 15.1 Å². The summed E-state index contributed by atoms with van der Waals surface area (Å²) >= 11 is 0. The Balaban J connectivity index is 1.73. The van der Waals surface area contributed by atoms with Gasteiger partial charge in [0.2, 0.25) is 11.5 Å². The van der Waals surface area contributed by atoms with E-state index in [-0.39, 0.29) is 11.7 Å². The molecule has 0 saturated carbocycles. The lowest BCUT2D eigenvalue weighted by atomic mass is 10.0. The van der Waals surface area contributed by atoms with Crippen LogP contribution in [0.3, 0.4) is 0 Å². The largest absolute Gasteiger partial charge is 0.334 e. The van der Waals surface area contributed by atoms with Crippen LogP contribution in [-0.4, -0.2) is 15.1 Å². The maximum Gasteiger partial charge on any atom is 0.258 e. The standard InChI is InChI=1S/C15H9F2N7O/c1-15(21-23-24-22-15)9-4-8(5-11(17)6-9)14-19-13(20-25-14)12-3-2-10(16)7-18-12/h2-7H,1H3. The molecule has 0 fully saturated rings. The third-order valence-electron chi connectivity index (χ3n) is 3.59. The smallest absolute Gasteiger partial charge is 0.258 e. The van der Waals surface area contributed by atoms with E-state index < -0.39 is 17.3 Å². The highest BCUT2D eigenvalue weighted by molar-refractivity contribution is 5.58. The lowest BCUT2D eigenvalue weighted by Crippen LogP contribution is -2.13. The van der Waals surface area contributed by atoms with Crippen LogP contribution in [0, 0.1) is 11.6 Å². The number of halogens is 2. The fourth-order valence-corrected chi connectivity index (χ4v) is 2.29. The first-order valence-corrected chi connectivity index (χ1v) is 7.15. The van der Waals surface area contributed by atoms with Crippen LogP contribution in [0.25, 0.3) is 23.0 Å². The Kier molecular flexibility index (Phi) is 3.38. The van der Waals surface area contributed by atoms with Gasteiger partial charge < -0.3 is 4.52 Å². The van der Waals surface area contributed by atoms with Crippen molar-refractivity contribution in [1.29, 1.82) is 0 Å². The summed E-state index contributed by atoms with van der Waals surface area (Å²) < 4.78 is 32.1. The summed E-state index contributed by atoms with van der Waals surface area (Å²) in [4.78, 5) is 8.05. The van der Waals surface area contributed by atoms with Gasteiger partial charge in [-0.2, -0.15) is 4.98 Å². The van der Waals surface area contributed by atoms with Gasteiger partial charge in [0.25, 0.3) is 5.89 Å². The minimum absolute atomic E-state index is 0.0809. The van der Waals surface area contributed by atoms with Crippen molar-refractivity contribution in [3.63, 3.8) is 0 Å². The number of benzene rings is 1. The van der Waals surface area contributed by atoms with E-state index in [0.717, 1.165) is 6.20 Å². The van der Waals surface area contributed by atoms with Crippen LogP contribution in [0.5, 0.6) is 0 Å². The fraction of sp³-hybridized carbons (Fsp3) is 0.133. The highest BCUT2D eigenvalue weighted by atomic mass is 19.1. The topological polar surface area (TPSA) is 101 Å². The Bertz CT molecular complexity index is 985. The molecule has 0 radical (unpaired) electrons. The van der Waals surface area contributed by atoms with Crippen LogP contribution in [0.4, 0.5) is 8.78 Å². The third-order valence-corrected chi connectivity index (χ3v) is 3.59. The molecule has 1 aromatic carbocycles. The SMILES string of the molecule is CC1(c2cc(F)cc(-c3nc(-c4ccc(F)cn4)no3)c2)N=NN=N1. The van der Waals surface area contributed by atoms with Crippen molar-refractivity contribution in [3.05, 3.63) is 53.7 Å². The number of nitrogens with zero attached hydrogens (tertiary/aromatic N) is 7. The average Bonchev–Trinajstić information content (AvgIpc) is 3.25. The van der Waals surface area contributed by atoms with Crippen molar-refractivity contribution in [3.8, 4) is 23.0 Å². The summed E-state index contributed by atoms with van der Waals surface area (Å²) in [5, 5.41) is 18.5. The van der Waals surface area contributed by atoms with E-state index in [4.69, 9.17) is 4.52 Å². The molecule has 0 N–H and O–H groups in total. The molecule has 0 amide bonds. The van der Waals surface area contributed by atoms with Gasteiger partial charge in [-0.3, -0.25) is 0 Å². The fourth-order valence-electron chi connectivity index (χ4n) is 2.29. The Hall–Kier alpha value is -3.43. The van der Waals surface area contributed by atoms with Crippen LogP contribution in [0.15, 0.2) is 61.7 Å². The number of hydrogen-bond acceptors (Lipinski definition) is 8. The highest BCUT2D eigenvalue weighted by Crippen LogP contribution is 2.34. The molecule has 1 aliphatic heterocycles. The van der Waals surface area contributed by atoms with Crippen LogP contribution >= 0.6 is 0 Å². The quantitative estimate of drug-likeness (QED) is 0.716. The van der Waals surface area contributed by atoms with Gasteiger partial charge in [0.05, 0.1) is 6.20 Å². The number of aromatic nitrogens is 3. The first-order valence-electron chi connectivity index (χ1n) is 7.15. The van der Waals surface area contributed by atoms with E-state index >= 15 is 0 Å². The van der Waals surface area contributed by atoms with Gasteiger partial charge in [-0.05, 0) is 47.7 Å². The Labute approximate surface area is 139 Å². The van der Waals surface area contributed by atoms with Gasteiger partial charge in [-0.15, -0.1) is 10.2 Å². The summed E-state index contributed by atoms with van der Waals surface area (Å²) in [6, 6.07) is 6.79. The minimum Gasteiger partial charge on any atom is -0.334 e. The van der Waals surface area contributed by atoms with Crippen LogP contribution in [0.1, 0.15) is 12.5 Å². The first-order chi connectivity index (χ1) is 12.0. The number of hydrogen-bond donors (Lipinski definition) is 0. The molecule has 0 atom stereocenters. The molecule has 3 heterocycles. The molecular formula is C15H9F2N7O. The van der Waals surface area contributed by atoms with Gasteiger partial charge in [-0.25, -0.2) is 13.8 Å². The van der Waals surface area contributed by atoms with Gasteiger partial charge in [0.1, 0.15) is 17.3 Å². The van der Waals surface area contributed by atoms with E-state index in [1.54, 1.807) is 13.0 Å². The molecule has 0 saturated heterocycles. The van der Waals surface area contributed by atoms with E-state index in [1.807, 2.05) is 0 Å². The minimum atomic E-state index is -1.10. The van der Waals surface area contributed by atoms with Crippen LogP contribution in [-0.2, 0) is 5.66 Å². The lowest BCUT2D eigenvalue weighted by molar-refractivity contribution is 0.431. The monoisotopic (exact) mass is 341 g/mol. The van der Waals surface area contributed by atoms with E-state index in [2.05, 4.69) is 35.8 Å². The second kappa shape index (κ2) is 5.58. The van der Waals surface area contributed by atoms with Crippen LogP contribution < -0.4 is 0 Å². The van der Waals surface area contributed by atoms with E-state index in [9.17, 15) is 8.78 Å². The molecule has 8 nitrogen and oxygen atoms in total. The molecule has 4 rings (SSSR count). The number of pyridine rings is 1. The van der Waals surface area contributed by atoms with Gasteiger partial charge in [-0.1, -0.05) is 5.16 Å². The van der Waals surface area contributed by atoms with Crippen molar-refractivity contribution in [2.45, 2.75) is 12.6 Å². The van der Waals surface area contributed by atoms with Gasteiger partial charge in [0.15, 0.2) is 0 Å². The molecular weight excluding hydrogens is 332 g/mol. The molecule has 0 unspecified atom stereocenters. The Morgan fingerprint density at radius 2 is 1.80 bits per heavy atom. The van der Waals surface area contributed by atoms with Crippen LogP contribution in [0.2, 0.25) is 0 Å². The van der Waals surface area contributed by atoms with E-state index in [0.29, 0.717) is 16.8 Å². The summed E-state index contributed by atoms with van der Waals surface area (Å²) in [6.45, 7) is 1.65. The van der Waals surface area contributed by atoms with Crippen molar-refractivity contribution < 1.29 is 13.3 Å². The predicted molar refractivity (Wildman–Crippen MR) is 79.9 cm³/mol. The first kappa shape index (κ1) is 15.1. The molecule has 124 valence electrons. The molecule has 0 bridgehead atoms. The zero-order chi connectivity index (χ0) is 17.4. The van der Waals surface area contributed by atoms with E-state index in [1.165, 1.54) is 24.3 Å². The normalized spacial score (nSPS) is 15.0. The summed E-state index contributed by atoms with van der Waals surface area (Å²) in [5.74, 6) is -0.759. The molecule has 2 aromatic heterocycles. The van der Waals surface area contributed by atoms with Gasteiger partial charge in [0, 0.05) is 11.1 Å². The number of rotatable bonds is 3. The Morgan fingerprint density at radius 1 is 1.00 bits per heavy atom. The van der Waals surface area contributed by atoms with Crippen molar-refractivity contribution in [2.24, 2.45) is 20.7 Å². The van der Waals surface area contributed by atoms with Gasteiger partial charge >= 0.3 is 0 Å². The molecule has 1 aliphatic rings. The molecule has 3 aromatic rings. The Morgan fingerprint density at radius 3 is 2.52 bits per heavy atom. The molecule has 0 spiro atoms. The predicted octanol–water partition coefficient (Wildman–Crippen LogP) is 4.08. The second-order valence-electron chi connectivity index (χ2n) is 5.41. The summed E-state index contributed by atoms with van der Waals surface area (Å²) in [6.07, 6.45) is 1.04. The maximum absolute atomic E-state index is 14.0. The summed E-state index contributed by atoms with van der Waals surface area (Å²) in [5.41, 5.74) is 0.0120. The summed E-state index contributed by atoms with van der Waals surface area (Å²) in [7, 11) is 0. The average molecular weight is 341 g/mol.